The number of hydrogen-bond acceptors (Lipinski definition) is 1. The average Bonchev–Trinajstić information content (AvgIpc) is 3.12. The van der Waals surface area contributed by atoms with Crippen LogP contribution in [0.15, 0.2) is 0 Å². The molecule has 198 valence electrons. The lowest BCUT2D eigenvalue weighted by Crippen LogP contribution is -2.63. The third-order valence-electron chi connectivity index (χ3n) is 11.1. The maximum atomic E-state index is 12.3. The maximum absolute atomic E-state index is 12.3. The first-order valence-electron chi connectivity index (χ1n) is 15.4. The van der Waals surface area contributed by atoms with E-state index in [2.05, 4.69) is 60.7 Å². The highest BCUT2D eigenvalue weighted by Crippen LogP contribution is 2.68. The van der Waals surface area contributed by atoms with E-state index in [1.165, 1.54) is 70.6 Å². The predicted octanol–water partition coefficient (Wildman–Crippen LogP) is 9.03. The molecular formula is C32H59NO. The Balaban J connectivity index is 0.00000103. The Kier molecular flexibility index (Phi) is 9.64. The Hall–Kier alpha value is -0.530. The van der Waals surface area contributed by atoms with Crippen molar-refractivity contribution >= 4 is 5.91 Å². The number of carbonyl (C=O) groups excluding carboxylic acids is 1. The second kappa shape index (κ2) is 11.7. The van der Waals surface area contributed by atoms with Gasteiger partial charge in [-0.1, -0.05) is 93.9 Å². The van der Waals surface area contributed by atoms with Gasteiger partial charge in [-0.25, -0.2) is 0 Å². The Morgan fingerprint density at radius 1 is 0.941 bits per heavy atom. The molecule has 4 aliphatic rings. The van der Waals surface area contributed by atoms with Gasteiger partial charge in [0.25, 0.3) is 0 Å². The summed E-state index contributed by atoms with van der Waals surface area (Å²) in [6.07, 6.45) is 17.1. The SMILES string of the molecule is CCC.CCCC1CC2NC(=O)CC[C@]2(C)C2CC[C@]3(C)C(C(C)CCCC(C)C)CCC3C12. The van der Waals surface area contributed by atoms with Gasteiger partial charge in [0.15, 0.2) is 0 Å². The molecule has 9 atom stereocenters. The molecule has 2 nitrogen and oxygen atoms in total. The third-order valence-corrected chi connectivity index (χ3v) is 11.1. The number of rotatable bonds is 7. The van der Waals surface area contributed by atoms with Crippen LogP contribution in [-0.4, -0.2) is 11.9 Å². The standard InChI is InChI=1S/C29H51NO.C3H8/c1-7-9-21-18-25-29(6,17-15-26(31)30-25)24-14-16-28(5)22(12-13-23(28)27(21)24)20(4)11-8-10-19(2)3;1-3-2/h19-25,27H,7-18H2,1-6H3,(H,30,31);3H2,1-2H3/t20?,21?,22?,23?,24?,25?,27?,28-,29-;/m1./s1. The lowest BCUT2D eigenvalue weighted by Gasteiger charge is -2.63. The van der Waals surface area contributed by atoms with Crippen LogP contribution in [0.4, 0.5) is 0 Å². The Morgan fingerprint density at radius 3 is 2.26 bits per heavy atom. The van der Waals surface area contributed by atoms with E-state index >= 15 is 0 Å². The van der Waals surface area contributed by atoms with Gasteiger partial charge < -0.3 is 5.32 Å². The summed E-state index contributed by atoms with van der Waals surface area (Å²) >= 11 is 0. The number of hydrogen-bond donors (Lipinski definition) is 1. The molecule has 4 fully saturated rings. The summed E-state index contributed by atoms with van der Waals surface area (Å²) in [4.78, 5) is 12.3. The van der Waals surface area contributed by atoms with Gasteiger partial charge in [-0.3, -0.25) is 4.79 Å². The van der Waals surface area contributed by atoms with Crippen molar-refractivity contribution in [2.75, 3.05) is 0 Å². The van der Waals surface area contributed by atoms with E-state index < -0.39 is 0 Å². The lowest BCUT2D eigenvalue weighted by molar-refractivity contribution is -0.146. The second-order valence-corrected chi connectivity index (χ2v) is 13.9. The quantitative estimate of drug-likeness (QED) is 0.392. The second-order valence-electron chi connectivity index (χ2n) is 13.9. The zero-order chi connectivity index (χ0) is 25.1. The largest absolute Gasteiger partial charge is 0.353 e. The van der Waals surface area contributed by atoms with E-state index in [4.69, 9.17) is 0 Å². The molecule has 1 N–H and O–H groups in total. The van der Waals surface area contributed by atoms with Crippen LogP contribution in [0.2, 0.25) is 0 Å². The highest BCUT2D eigenvalue weighted by Gasteiger charge is 2.62. The summed E-state index contributed by atoms with van der Waals surface area (Å²) in [6, 6.07) is 0.433. The van der Waals surface area contributed by atoms with E-state index in [0.29, 0.717) is 22.8 Å². The van der Waals surface area contributed by atoms with Gasteiger partial charge in [0.05, 0.1) is 0 Å². The van der Waals surface area contributed by atoms with E-state index in [1.54, 1.807) is 0 Å². The highest BCUT2D eigenvalue weighted by atomic mass is 16.1. The van der Waals surface area contributed by atoms with Crippen LogP contribution in [0.1, 0.15) is 139 Å². The zero-order valence-electron chi connectivity index (χ0n) is 24.2. The average molecular weight is 474 g/mol. The molecule has 0 aromatic rings. The fourth-order valence-electron chi connectivity index (χ4n) is 9.55. The molecule has 7 unspecified atom stereocenters. The van der Waals surface area contributed by atoms with Crippen LogP contribution in [0.25, 0.3) is 0 Å². The van der Waals surface area contributed by atoms with Crippen LogP contribution in [-0.2, 0) is 4.79 Å². The Labute approximate surface area is 213 Å². The Bertz CT molecular complexity index is 657. The summed E-state index contributed by atoms with van der Waals surface area (Å²) in [6.45, 7) is 19.2. The fourth-order valence-corrected chi connectivity index (χ4v) is 9.55. The molecule has 2 heteroatoms. The fraction of sp³-hybridized carbons (Fsp3) is 0.969. The molecule has 0 spiro atoms. The molecule has 0 aromatic carbocycles. The summed E-state index contributed by atoms with van der Waals surface area (Å²) in [5.41, 5.74) is 0.899. The van der Waals surface area contributed by atoms with Crippen molar-refractivity contribution in [3.63, 3.8) is 0 Å². The van der Waals surface area contributed by atoms with Crippen molar-refractivity contribution in [2.24, 2.45) is 52.3 Å². The number of carbonyl (C=O) groups is 1. The van der Waals surface area contributed by atoms with Crippen LogP contribution in [0, 0.1) is 52.3 Å². The van der Waals surface area contributed by atoms with Gasteiger partial charge in [-0.2, -0.15) is 0 Å². The molecule has 1 saturated heterocycles. The topological polar surface area (TPSA) is 29.1 Å². The van der Waals surface area contributed by atoms with Crippen LogP contribution >= 0.6 is 0 Å². The van der Waals surface area contributed by atoms with Crippen molar-refractivity contribution in [1.29, 1.82) is 0 Å². The number of amides is 1. The van der Waals surface area contributed by atoms with Crippen molar-refractivity contribution in [2.45, 2.75) is 145 Å². The van der Waals surface area contributed by atoms with Gasteiger partial charge in [-0.15, -0.1) is 0 Å². The Morgan fingerprint density at radius 2 is 1.62 bits per heavy atom. The molecule has 3 saturated carbocycles. The van der Waals surface area contributed by atoms with Gasteiger partial charge >= 0.3 is 0 Å². The first kappa shape index (κ1) is 28.0. The zero-order valence-corrected chi connectivity index (χ0v) is 24.2. The molecule has 4 rings (SSSR count). The molecule has 1 heterocycles. The summed E-state index contributed by atoms with van der Waals surface area (Å²) in [7, 11) is 0. The minimum absolute atomic E-state index is 0.313. The molecule has 0 bridgehead atoms. The number of piperidine rings is 1. The van der Waals surface area contributed by atoms with Crippen LogP contribution < -0.4 is 5.32 Å². The van der Waals surface area contributed by atoms with Gasteiger partial charge in [0.2, 0.25) is 5.91 Å². The maximum Gasteiger partial charge on any atom is 0.220 e. The minimum atomic E-state index is 0.313. The normalized spacial score (nSPS) is 42.1. The molecule has 34 heavy (non-hydrogen) atoms. The highest BCUT2D eigenvalue weighted by molar-refractivity contribution is 5.77. The van der Waals surface area contributed by atoms with Gasteiger partial charge in [-0.05, 0) is 90.8 Å². The number of fused-ring (bicyclic) bond motifs is 5. The smallest absolute Gasteiger partial charge is 0.220 e. The summed E-state index contributed by atoms with van der Waals surface area (Å²) in [5, 5.41) is 3.47. The van der Waals surface area contributed by atoms with Crippen molar-refractivity contribution in [1.82, 2.24) is 5.32 Å². The van der Waals surface area contributed by atoms with Crippen molar-refractivity contribution in [3.8, 4) is 0 Å². The predicted molar refractivity (Wildman–Crippen MR) is 147 cm³/mol. The van der Waals surface area contributed by atoms with Crippen LogP contribution in [0.3, 0.4) is 0 Å². The lowest BCUT2D eigenvalue weighted by atomic mass is 9.44. The molecule has 1 aliphatic heterocycles. The van der Waals surface area contributed by atoms with E-state index in [0.717, 1.165) is 54.3 Å². The number of nitrogens with one attached hydrogen (secondary N) is 1. The van der Waals surface area contributed by atoms with Crippen molar-refractivity contribution in [3.05, 3.63) is 0 Å². The van der Waals surface area contributed by atoms with E-state index in [-0.39, 0.29) is 0 Å². The molecule has 0 aromatic heterocycles. The summed E-state index contributed by atoms with van der Waals surface area (Å²) in [5.74, 6) is 6.46. The minimum Gasteiger partial charge on any atom is -0.353 e. The van der Waals surface area contributed by atoms with E-state index in [1.807, 2.05) is 0 Å². The van der Waals surface area contributed by atoms with Gasteiger partial charge in [0, 0.05) is 12.5 Å². The first-order valence-corrected chi connectivity index (χ1v) is 15.4. The molecule has 3 aliphatic carbocycles. The van der Waals surface area contributed by atoms with E-state index in [9.17, 15) is 4.79 Å². The van der Waals surface area contributed by atoms with Crippen LogP contribution in [0.5, 0.6) is 0 Å². The molecule has 1 amide bonds. The first-order chi connectivity index (χ1) is 16.1. The summed E-state index contributed by atoms with van der Waals surface area (Å²) < 4.78 is 0. The molecule has 0 radical (unpaired) electrons. The van der Waals surface area contributed by atoms with Crippen molar-refractivity contribution < 1.29 is 4.79 Å². The third kappa shape index (κ3) is 5.41. The molecular weight excluding hydrogens is 414 g/mol. The van der Waals surface area contributed by atoms with Gasteiger partial charge in [0.1, 0.15) is 0 Å². The monoisotopic (exact) mass is 473 g/mol.